The van der Waals surface area contributed by atoms with E-state index < -0.39 is 15.1 Å². The van der Waals surface area contributed by atoms with Crippen molar-refractivity contribution in [3.63, 3.8) is 0 Å². The van der Waals surface area contributed by atoms with Crippen LogP contribution in [-0.2, 0) is 14.6 Å². The molecule has 7 heteroatoms. The Labute approximate surface area is 156 Å². The number of sulfone groups is 1. The van der Waals surface area contributed by atoms with Crippen LogP contribution >= 0.6 is 0 Å². The lowest BCUT2D eigenvalue weighted by molar-refractivity contribution is 0.0985. The van der Waals surface area contributed by atoms with Crippen molar-refractivity contribution in [3.05, 3.63) is 30.7 Å². The fourth-order valence-corrected chi connectivity index (χ4v) is 5.93. The Morgan fingerprint density at radius 2 is 2.15 bits per heavy atom. The molecule has 6 nitrogen and oxygen atoms in total. The minimum Gasteiger partial charge on any atom is -0.377 e. The quantitative estimate of drug-likeness (QED) is 0.708. The summed E-state index contributed by atoms with van der Waals surface area (Å²) in [4.78, 5) is 11.3. The second-order valence-electron chi connectivity index (χ2n) is 7.33. The van der Waals surface area contributed by atoms with Crippen LogP contribution in [0.2, 0.25) is 0 Å². The molecule has 0 bridgehead atoms. The smallest absolute Gasteiger partial charge is 0.164 e. The van der Waals surface area contributed by atoms with Crippen molar-refractivity contribution >= 4 is 15.7 Å². The largest absolute Gasteiger partial charge is 0.377 e. The van der Waals surface area contributed by atoms with Gasteiger partial charge < -0.3 is 9.64 Å². The Kier molecular flexibility index (Phi) is 6.29. The van der Waals surface area contributed by atoms with Gasteiger partial charge in [0.2, 0.25) is 0 Å². The van der Waals surface area contributed by atoms with E-state index in [9.17, 15) is 8.42 Å². The number of hydrogen-bond donors (Lipinski definition) is 0. The van der Waals surface area contributed by atoms with Gasteiger partial charge in [-0.1, -0.05) is 25.3 Å². The topological polar surface area (TPSA) is 72.4 Å². The van der Waals surface area contributed by atoms with Crippen molar-refractivity contribution in [3.8, 4) is 0 Å². The highest BCUT2D eigenvalue weighted by atomic mass is 32.2. The molecule has 0 aromatic carbocycles. The lowest BCUT2D eigenvalue weighted by atomic mass is 9.86. The van der Waals surface area contributed by atoms with E-state index in [1.54, 1.807) is 6.20 Å². The SMILES string of the molecule is C=CCS(=O)(=O)C(c1nccc(N2CCOC[C@@H]2C)n1)C1CCCCC1. The molecule has 2 atom stereocenters. The molecule has 1 aromatic heterocycles. The predicted octanol–water partition coefficient (Wildman–Crippen LogP) is 2.92. The Hall–Kier alpha value is -1.47. The highest BCUT2D eigenvalue weighted by Crippen LogP contribution is 2.39. The minimum absolute atomic E-state index is 0.0320. The van der Waals surface area contributed by atoms with Gasteiger partial charge in [-0.05, 0) is 31.7 Å². The maximum absolute atomic E-state index is 13.0. The molecule has 2 aliphatic rings. The van der Waals surface area contributed by atoms with Crippen LogP contribution in [0.25, 0.3) is 0 Å². The Morgan fingerprint density at radius 1 is 1.38 bits per heavy atom. The van der Waals surface area contributed by atoms with Crippen molar-refractivity contribution in [1.29, 1.82) is 0 Å². The van der Waals surface area contributed by atoms with Crippen molar-refractivity contribution in [1.82, 2.24) is 9.97 Å². The van der Waals surface area contributed by atoms with Crippen LogP contribution in [0.5, 0.6) is 0 Å². The van der Waals surface area contributed by atoms with Gasteiger partial charge in [0.05, 0.1) is 25.0 Å². The summed E-state index contributed by atoms with van der Waals surface area (Å²) < 4.78 is 31.5. The Morgan fingerprint density at radius 3 is 2.85 bits per heavy atom. The number of rotatable bonds is 6. The lowest BCUT2D eigenvalue weighted by Crippen LogP contribution is -2.44. The standard InChI is InChI=1S/C19H29N3O3S/c1-3-13-26(23,24)18(16-7-5-4-6-8-16)19-20-10-9-17(21-19)22-11-12-25-14-15(22)2/h3,9-10,15-16,18H,1,4-8,11-14H2,2H3/t15-,18?/m0/s1. The molecule has 0 radical (unpaired) electrons. The monoisotopic (exact) mass is 379 g/mol. The number of ether oxygens (including phenoxy) is 1. The van der Waals surface area contributed by atoms with Crippen LogP contribution < -0.4 is 4.90 Å². The molecular formula is C19H29N3O3S. The number of aromatic nitrogens is 2. The van der Waals surface area contributed by atoms with E-state index in [4.69, 9.17) is 9.72 Å². The summed E-state index contributed by atoms with van der Waals surface area (Å²) in [6.07, 6.45) is 8.33. The average molecular weight is 380 g/mol. The highest BCUT2D eigenvalue weighted by molar-refractivity contribution is 7.91. The first kappa shape index (κ1) is 19.3. The third-order valence-electron chi connectivity index (χ3n) is 5.39. The van der Waals surface area contributed by atoms with Gasteiger partial charge in [0.25, 0.3) is 0 Å². The molecule has 144 valence electrons. The summed E-state index contributed by atoms with van der Waals surface area (Å²) in [5.41, 5.74) is 0. The highest BCUT2D eigenvalue weighted by Gasteiger charge is 2.37. The molecule has 1 aromatic rings. The first-order valence-electron chi connectivity index (χ1n) is 9.52. The van der Waals surface area contributed by atoms with Gasteiger partial charge in [-0.15, -0.1) is 6.58 Å². The third kappa shape index (κ3) is 4.26. The number of anilines is 1. The minimum atomic E-state index is -3.37. The second-order valence-corrected chi connectivity index (χ2v) is 9.49. The van der Waals surface area contributed by atoms with Crippen LogP contribution in [-0.4, -0.2) is 49.9 Å². The van der Waals surface area contributed by atoms with Gasteiger partial charge in [-0.25, -0.2) is 18.4 Å². The third-order valence-corrected chi connectivity index (χ3v) is 7.46. The van der Waals surface area contributed by atoms with E-state index in [-0.39, 0.29) is 17.7 Å². The zero-order valence-corrected chi connectivity index (χ0v) is 16.3. The van der Waals surface area contributed by atoms with Crippen molar-refractivity contribution in [2.45, 2.75) is 50.3 Å². The first-order chi connectivity index (χ1) is 12.5. The fraction of sp³-hybridized carbons (Fsp3) is 0.684. The summed E-state index contributed by atoms with van der Waals surface area (Å²) in [5.74, 6) is 1.29. The summed E-state index contributed by atoms with van der Waals surface area (Å²) in [7, 11) is -3.37. The Balaban J connectivity index is 1.95. The summed E-state index contributed by atoms with van der Waals surface area (Å²) in [6.45, 7) is 7.78. The maximum Gasteiger partial charge on any atom is 0.164 e. The van der Waals surface area contributed by atoms with E-state index in [1.807, 2.05) is 6.07 Å². The van der Waals surface area contributed by atoms with Gasteiger partial charge in [0, 0.05) is 12.7 Å². The number of nitrogens with zero attached hydrogens (tertiary/aromatic N) is 3. The first-order valence-corrected chi connectivity index (χ1v) is 11.2. The molecule has 2 heterocycles. The molecule has 1 saturated carbocycles. The molecule has 0 amide bonds. The summed E-state index contributed by atoms with van der Waals surface area (Å²) in [5, 5.41) is -0.642. The number of morpholine rings is 1. The van der Waals surface area contributed by atoms with Crippen molar-refractivity contribution < 1.29 is 13.2 Å². The Bertz CT molecular complexity index is 716. The molecule has 1 aliphatic heterocycles. The van der Waals surface area contributed by atoms with Crippen LogP contribution in [0, 0.1) is 5.92 Å². The zero-order chi connectivity index (χ0) is 18.6. The normalized spacial score (nSPS) is 23.6. The molecule has 3 rings (SSSR count). The van der Waals surface area contributed by atoms with E-state index in [0.717, 1.165) is 38.0 Å². The van der Waals surface area contributed by atoms with E-state index in [0.29, 0.717) is 19.0 Å². The van der Waals surface area contributed by atoms with E-state index >= 15 is 0 Å². The average Bonchev–Trinajstić information content (AvgIpc) is 2.63. The zero-order valence-electron chi connectivity index (χ0n) is 15.5. The molecule has 1 unspecified atom stereocenters. The van der Waals surface area contributed by atoms with Gasteiger partial charge in [-0.3, -0.25) is 0 Å². The summed E-state index contributed by atoms with van der Waals surface area (Å²) >= 11 is 0. The molecule has 26 heavy (non-hydrogen) atoms. The van der Waals surface area contributed by atoms with Crippen molar-refractivity contribution in [2.75, 3.05) is 30.4 Å². The maximum atomic E-state index is 13.0. The molecule has 1 aliphatic carbocycles. The molecular weight excluding hydrogens is 350 g/mol. The van der Waals surface area contributed by atoms with Crippen molar-refractivity contribution in [2.24, 2.45) is 5.92 Å². The van der Waals surface area contributed by atoms with Gasteiger partial charge in [0.15, 0.2) is 9.84 Å². The molecule has 0 spiro atoms. The van der Waals surface area contributed by atoms with Crippen LogP contribution in [0.3, 0.4) is 0 Å². The molecule has 0 N–H and O–H groups in total. The van der Waals surface area contributed by atoms with Crippen LogP contribution in [0.4, 0.5) is 5.82 Å². The lowest BCUT2D eigenvalue weighted by Gasteiger charge is -2.35. The fourth-order valence-electron chi connectivity index (χ4n) is 4.10. The van der Waals surface area contributed by atoms with E-state index in [1.165, 1.54) is 12.5 Å². The summed E-state index contributed by atoms with van der Waals surface area (Å²) in [6, 6.07) is 2.08. The molecule has 2 fully saturated rings. The van der Waals surface area contributed by atoms with Gasteiger partial charge in [-0.2, -0.15) is 0 Å². The van der Waals surface area contributed by atoms with Gasteiger partial charge in [0.1, 0.15) is 16.9 Å². The van der Waals surface area contributed by atoms with Gasteiger partial charge >= 0.3 is 0 Å². The van der Waals surface area contributed by atoms with Crippen LogP contribution in [0.15, 0.2) is 24.9 Å². The molecule has 1 saturated heterocycles. The number of hydrogen-bond acceptors (Lipinski definition) is 6. The second kappa shape index (κ2) is 8.48. The predicted molar refractivity (Wildman–Crippen MR) is 103 cm³/mol. The van der Waals surface area contributed by atoms with Crippen LogP contribution in [0.1, 0.15) is 50.1 Å². The van der Waals surface area contributed by atoms with E-state index in [2.05, 4.69) is 23.4 Å².